The molecule has 0 spiro atoms. The van der Waals surface area contributed by atoms with Crippen LogP contribution in [0, 0.1) is 5.41 Å². The number of fused-ring (bicyclic) bond motifs is 1. The molecular weight excluding hydrogens is 328 g/mol. The van der Waals surface area contributed by atoms with Gasteiger partial charge in [0.1, 0.15) is 5.84 Å². The Bertz CT molecular complexity index is 545. The van der Waals surface area contributed by atoms with Crippen molar-refractivity contribution < 1.29 is 0 Å². The van der Waals surface area contributed by atoms with Crippen molar-refractivity contribution in [2.45, 2.75) is 38.3 Å². The zero-order valence-corrected chi connectivity index (χ0v) is 14.1. The molecular formula is C16H23BrN4. The Morgan fingerprint density at radius 3 is 2.90 bits per heavy atom. The van der Waals surface area contributed by atoms with E-state index in [0.717, 1.165) is 28.8 Å². The number of nitrogen functional groups attached to an aromatic ring is 1. The number of amidine groups is 1. The zero-order valence-electron chi connectivity index (χ0n) is 12.5. The minimum absolute atomic E-state index is 0.135. The molecule has 2 aliphatic rings. The molecule has 1 aromatic carbocycles. The van der Waals surface area contributed by atoms with E-state index < -0.39 is 0 Å². The predicted octanol–water partition coefficient (Wildman–Crippen LogP) is 2.80. The molecule has 2 fully saturated rings. The molecule has 114 valence electrons. The fraction of sp³-hybridized carbons (Fsp3) is 0.562. The predicted molar refractivity (Wildman–Crippen MR) is 91.2 cm³/mol. The smallest absolute Gasteiger partial charge is 0.126 e. The van der Waals surface area contributed by atoms with Gasteiger partial charge in [-0.05, 0) is 54.4 Å². The molecule has 21 heavy (non-hydrogen) atoms. The quantitative estimate of drug-likeness (QED) is 0.636. The van der Waals surface area contributed by atoms with E-state index in [1.54, 1.807) is 0 Å². The third-order valence-corrected chi connectivity index (χ3v) is 5.42. The molecule has 0 aromatic heterocycles. The van der Waals surface area contributed by atoms with E-state index in [0.29, 0.717) is 12.1 Å². The highest BCUT2D eigenvalue weighted by Gasteiger charge is 2.34. The van der Waals surface area contributed by atoms with E-state index in [4.69, 9.17) is 11.1 Å². The summed E-state index contributed by atoms with van der Waals surface area (Å²) in [6.07, 6.45) is 3.95. The van der Waals surface area contributed by atoms with Crippen molar-refractivity contribution in [1.29, 1.82) is 5.41 Å². The summed E-state index contributed by atoms with van der Waals surface area (Å²) in [5.41, 5.74) is 7.74. The number of rotatable bonds is 2. The monoisotopic (exact) mass is 350 g/mol. The maximum Gasteiger partial charge on any atom is 0.126 e. The second-order valence-corrected chi connectivity index (χ2v) is 7.05. The molecule has 0 saturated carbocycles. The summed E-state index contributed by atoms with van der Waals surface area (Å²) in [7, 11) is 0. The van der Waals surface area contributed by atoms with Gasteiger partial charge in [0.25, 0.3) is 0 Å². The molecule has 2 saturated heterocycles. The number of piperazine rings is 1. The van der Waals surface area contributed by atoms with E-state index in [-0.39, 0.29) is 5.84 Å². The van der Waals surface area contributed by atoms with Crippen LogP contribution in [-0.4, -0.2) is 42.5 Å². The van der Waals surface area contributed by atoms with Crippen LogP contribution < -0.4 is 10.6 Å². The molecule has 0 aliphatic carbocycles. The van der Waals surface area contributed by atoms with Crippen LogP contribution in [0.25, 0.3) is 0 Å². The SMILES string of the molecule is CC1CN2CCCCC2CN1c1cccc(Br)c1C(=N)N. The van der Waals surface area contributed by atoms with Gasteiger partial charge < -0.3 is 10.6 Å². The van der Waals surface area contributed by atoms with Crippen LogP contribution in [0.4, 0.5) is 5.69 Å². The van der Waals surface area contributed by atoms with Crippen molar-refractivity contribution in [3.05, 3.63) is 28.2 Å². The Morgan fingerprint density at radius 1 is 1.33 bits per heavy atom. The number of halogens is 1. The standard InChI is InChI=1S/C16H23BrN4/c1-11-9-20-8-3-2-5-12(20)10-21(11)14-7-4-6-13(17)15(14)16(18)19/h4,6-7,11-12H,2-3,5,8-10H2,1H3,(H3,18,19). The van der Waals surface area contributed by atoms with Gasteiger partial charge >= 0.3 is 0 Å². The van der Waals surface area contributed by atoms with E-state index in [2.05, 4.69) is 38.7 Å². The fourth-order valence-corrected chi connectivity index (χ4v) is 4.28. The minimum atomic E-state index is 0.135. The van der Waals surface area contributed by atoms with Gasteiger partial charge in [0, 0.05) is 35.3 Å². The third-order valence-electron chi connectivity index (χ3n) is 4.76. The third kappa shape index (κ3) is 2.81. The molecule has 0 bridgehead atoms. The van der Waals surface area contributed by atoms with Crippen molar-refractivity contribution >= 4 is 27.5 Å². The lowest BCUT2D eigenvalue weighted by molar-refractivity contribution is 0.115. The van der Waals surface area contributed by atoms with Crippen LogP contribution in [0.2, 0.25) is 0 Å². The van der Waals surface area contributed by atoms with E-state index in [9.17, 15) is 0 Å². The molecule has 0 amide bonds. The highest BCUT2D eigenvalue weighted by atomic mass is 79.9. The number of piperidine rings is 1. The van der Waals surface area contributed by atoms with Gasteiger partial charge in [0.15, 0.2) is 0 Å². The van der Waals surface area contributed by atoms with Crippen molar-refractivity contribution in [2.24, 2.45) is 5.73 Å². The minimum Gasteiger partial charge on any atom is -0.384 e. The summed E-state index contributed by atoms with van der Waals surface area (Å²) in [6.45, 7) is 5.66. The van der Waals surface area contributed by atoms with Gasteiger partial charge in [-0.3, -0.25) is 10.3 Å². The molecule has 0 radical (unpaired) electrons. The Morgan fingerprint density at radius 2 is 2.14 bits per heavy atom. The Balaban J connectivity index is 1.93. The summed E-state index contributed by atoms with van der Waals surface area (Å²) >= 11 is 3.55. The van der Waals surface area contributed by atoms with Gasteiger partial charge in [-0.1, -0.05) is 12.5 Å². The van der Waals surface area contributed by atoms with Crippen LogP contribution in [-0.2, 0) is 0 Å². The average molecular weight is 351 g/mol. The van der Waals surface area contributed by atoms with Gasteiger partial charge in [0.2, 0.25) is 0 Å². The molecule has 3 rings (SSSR count). The second-order valence-electron chi connectivity index (χ2n) is 6.19. The van der Waals surface area contributed by atoms with Crippen molar-refractivity contribution in [2.75, 3.05) is 24.5 Å². The molecule has 5 heteroatoms. The van der Waals surface area contributed by atoms with E-state index >= 15 is 0 Å². The summed E-state index contributed by atoms with van der Waals surface area (Å²) < 4.78 is 0.908. The van der Waals surface area contributed by atoms with E-state index in [1.807, 2.05) is 12.1 Å². The van der Waals surface area contributed by atoms with Gasteiger partial charge in [-0.15, -0.1) is 0 Å². The highest BCUT2D eigenvalue weighted by molar-refractivity contribution is 9.10. The highest BCUT2D eigenvalue weighted by Crippen LogP contribution is 2.33. The van der Waals surface area contributed by atoms with Gasteiger partial charge in [-0.25, -0.2) is 0 Å². The lowest BCUT2D eigenvalue weighted by Gasteiger charge is -2.48. The normalized spacial score (nSPS) is 26.5. The van der Waals surface area contributed by atoms with Crippen LogP contribution >= 0.6 is 15.9 Å². The number of nitrogens with two attached hydrogens (primary N) is 1. The first-order valence-corrected chi connectivity index (χ1v) is 8.51. The maximum atomic E-state index is 7.89. The van der Waals surface area contributed by atoms with Gasteiger partial charge in [0.05, 0.1) is 5.56 Å². The molecule has 3 N–H and O–H groups in total. The van der Waals surface area contributed by atoms with Crippen molar-refractivity contribution in [1.82, 2.24) is 4.90 Å². The topological polar surface area (TPSA) is 56.4 Å². The van der Waals surface area contributed by atoms with Crippen LogP contribution in [0.3, 0.4) is 0 Å². The Labute approximate surface area is 134 Å². The Hall–Kier alpha value is -1.07. The molecule has 4 nitrogen and oxygen atoms in total. The average Bonchev–Trinajstić information content (AvgIpc) is 2.45. The zero-order chi connectivity index (χ0) is 15.0. The molecule has 1 aromatic rings. The fourth-order valence-electron chi connectivity index (χ4n) is 3.71. The first kappa shape index (κ1) is 14.9. The summed E-state index contributed by atoms with van der Waals surface area (Å²) in [6, 6.07) is 7.19. The van der Waals surface area contributed by atoms with Crippen LogP contribution in [0.15, 0.2) is 22.7 Å². The molecule has 2 unspecified atom stereocenters. The lowest BCUT2D eigenvalue weighted by atomic mass is 9.96. The second kappa shape index (κ2) is 5.97. The molecule has 2 heterocycles. The lowest BCUT2D eigenvalue weighted by Crippen LogP contribution is -2.59. The molecule has 2 atom stereocenters. The number of hydrogen-bond acceptors (Lipinski definition) is 3. The number of nitrogens with one attached hydrogen (secondary N) is 1. The summed E-state index contributed by atoms with van der Waals surface area (Å²) in [5.74, 6) is 0.135. The number of anilines is 1. The van der Waals surface area contributed by atoms with Crippen LogP contribution in [0.1, 0.15) is 31.7 Å². The first-order valence-electron chi connectivity index (χ1n) is 7.71. The summed E-state index contributed by atoms with van der Waals surface area (Å²) in [4.78, 5) is 5.07. The number of hydrogen-bond donors (Lipinski definition) is 2. The maximum absolute atomic E-state index is 7.89. The summed E-state index contributed by atoms with van der Waals surface area (Å²) in [5, 5.41) is 7.89. The van der Waals surface area contributed by atoms with E-state index in [1.165, 1.54) is 25.8 Å². The van der Waals surface area contributed by atoms with Crippen molar-refractivity contribution in [3.8, 4) is 0 Å². The Kier molecular flexibility index (Phi) is 4.22. The molecule has 2 aliphatic heterocycles. The van der Waals surface area contributed by atoms with Gasteiger partial charge in [-0.2, -0.15) is 0 Å². The number of nitrogens with zero attached hydrogens (tertiary/aromatic N) is 2. The number of benzene rings is 1. The van der Waals surface area contributed by atoms with Crippen molar-refractivity contribution in [3.63, 3.8) is 0 Å². The first-order chi connectivity index (χ1) is 10.1. The largest absolute Gasteiger partial charge is 0.384 e. The van der Waals surface area contributed by atoms with Crippen LogP contribution in [0.5, 0.6) is 0 Å².